The number of rotatable bonds is 1. The van der Waals surface area contributed by atoms with Crippen LogP contribution >= 0.6 is 11.6 Å². The molecule has 0 nitrogen and oxygen atoms in total. The SMILES string of the molecule is Clc1cccc([C@@H]2CC=CCC2)c1. The molecular formula is C12H13Cl. The minimum atomic E-state index is 0.684. The first kappa shape index (κ1) is 8.83. The first-order chi connectivity index (χ1) is 6.36. The lowest BCUT2D eigenvalue weighted by Gasteiger charge is -2.17. The summed E-state index contributed by atoms with van der Waals surface area (Å²) >= 11 is 5.95. The lowest BCUT2D eigenvalue weighted by atomic mass is 9.88. The highest BCUT2D eigenvalue weighted by Gasteiger charge is 2.11. The Bertz CT molecular complexity index is 315. The van der Waals surface area contributed by atoms with Gasteiger partial charge in [0, 0.05) is 5.02 Å². The fraction of sp³-hybridized carbons (Fsp3) is 0.333. The summed E-state index contributed by atoms with van der Waals surface area (Å²) in [7, 11) is 0. The van der Waals surface area contributed by atoms with Gasteiger partial charge >= 0.3 is 0 Å². The highest BCUT2D eigenvalue weighted by Crippen LogP contribution is 2.30. The summed E-state index contributed by atoms with van der Waals surface area (Å²) in [5, 5.41) is 0.854. The molecule has 68 valence electrons. The van der Waals surface area contributed by atoms with Crippen LogP contribution in [0.25, 0.3) is 0 Å². The average Bonchev–Trinajstić information content (AvgIpc) is 2.19. The Labute approximate surface area is 84.2 Å². The minimum absolute atomic E-state index is 0.684. The molecule has 0 amide bonds. The molecule has 0 fully saturated rings. The van der Waals surface area contributed by atoms with Gasteiger partial charge in [0.2, 0.25) is 0 Å². The molecule has 1 heteroatoms. The van der Waals surface area contributed by atoms with Gasteiger partial charge in [-0.1, -0.05) is 35.9 Å². The Morgan fingerprint density at radius 1 is 1.23 bits per heavy atom. The summed E-state index contributed by atoms with van der Waals surface area (Å²) in [4.78, 5) is 0. The van der Waals surface area contributed by atoms with E-state index in [1.165, 1.54) is 24.8 Å². The Hall–Kier alpha value is -0.750. The van der Waals surface area contributed by atoms with E-state index in [1.54, 1.807) is 0 Å². The van der Waals surface area contributed by atoms with Gasteiger partial charge in [0.25, 0.3) is 0 Å². The molecule has 13 heavy (non-hydrogen) atoms. The van der Waals surface area contributed by atoms with E-state index in [4.69, 9.17) is 11.6 Å². The molecular weight excluding hydrogens is 180 g/mol. The second kappa shape index (κ2) is 3.97. The van der Waals surface area contributed by atoms with Crippen LogP contribution in [0.5, 0.6) is 0 Å². The van der Waals surface area contributed by atoms with Crippen LogP contribution in [0.2, 0.25) is 5.02 Å². The summed E-state index contributed by atoms with van der Waals surface area (Å²) < 4.78 is 0. The van der Waals surface area contributed by atoms with Gasteiger partial charge in [-0.15, -0.1) is 0 Å². The number of hydrogen-bond acceptors (Lipinski definition) is 0. The Kier molecular flexibility index (Phi) is 2.70. The Morgan fingerprint density at radius 3 is 2.85 bits per heavy atom. The number of halogens is 1. The normalized spacial score (nSPS) is 21.8. The second-order valence-corrected chi connectivity index (χ2v) is 3.97. The van der Waals surface area contributed by atoms with Crippen molar-refractivity contribution in [1.29, 1.82) is 0 Å². The van der Waals surface area contributed by atoms with E-state index in [9.17, 15) is 0 Å². The quantitative estimate of drug-likeness (QED) is 0.586. The van der Waals surface area contributed by atoms with Gasteiger partial charge in [0.15, 0.2) is 0 Å². The van der Waals surface area contributed by atoms with Crippen LogP contribution in [0.1, 0.15) is 30.7 Å². The van der Waals surface area contributed by atoms with Gasteiger partial charge in [-0.05, 0) is 42.9 Å². The van der Waals surface area contributed by atoms with Crippen molar-refractivity contribution >= 4 is 11.6 Å². The molecule has 0 spiro atoms. The molecule has 0 N–H and O–H groups in total. The van der Waals surface area contributed by atoms with E-state index in [2.05, 4.69) is 24.3 Å². The average molecular weight is 193 g/mol. The molecule has 0 saturated carbocycles. The van der Waals surface area contributed by atoms with Crippen LogP contribution in [0, 0.1) is 0 Å². The molecule has 0 bridgehead atoms. The summed E-state index contributed by atoms with van der Waals surface area (Å²) in [6.45, 7) is 0. The zero-order chi connectivity index (χ0) is 9.10. The van der Waals surface area contributed by atoms with Crippen LogP contribution in [0.3, 0.4) is 0 Å². The molecule has 1 aromatic rings. The number of allylic oxidation sites excluding steroid dienone is 2. The topological polar surface area (TPSA) is 0 Å². The van der Waals surface area contributed by atoms with Crippen molar-refractivity contribution in [3.63, 3.8) is 0 Å². The van der Waals surface area contributed by atoms with E-state index >= 15 is 0 Å². The van der Waals surface area contributed by atoms with Crippen molar-refractivity contribution in [1.82, 2.24) is 0 Å². The van der Waals surface area contributed by atoms with E-state index in [-0.39, 0.29) is 0 Å². The number of benzene rings is 1. The summed E-state index contributed by atoms with van der Waals surface area (Å²) in [5.74, 6) is 0.684. The molecule has 0 aliphatic heterocycles. The van der Waals surface area contributed by atoms with Crippen LogP contribution in [0.4, 0.5) is 0 Å². The zero-order valence-corrected chi connectivity index (χ0v) is 8.30. The molecule has 0 unspecified atom stereocenters. The molecule has 2 rings (SSSR count). The molecule has 0 radical (unpaired) electrons. The molecule has 1 aliphatic carbocycles. The van der Waals surface area contributed by atoms with Gasteiger partial charge in [0.05, 0.1) is 0 Å². The fourth-order valence-electron chi connectivity index (χ4n) is 1.86. The van der Waals surface area contributed by atoms with Crippen LogP contribution in [-0.4, -0.2) is 0 Å². The van der Waals surface area contributed by atoms with Crippen molar-refractivity contribution in [2.75, 3.05) is 0 Å². The van der Waals surface area contributed by atoms with E-state index < -0.39 is 0 Å². The first-order valence-electron chi connectivity index (χ1n) is 4.77. The van der Waals surface area contributed by atoms with Crippen molar-refractivity contribution in [3.8, 4) is 0 Å². The third-order valence-corrected chi connectivity index (χ3v) is 2.82. The highest BCUT2D eigenvalue weighted by molar-refractivity contribution is 6.30. The van der Waals surface area contributed by atoms with Crippen LogP contribution in [0.15, 0.2) is 36.4 Å². The van der Waals surface area contributed by atoms with Gasteiger partial charge in [0.1, 0.15) is 0 Å². The van der Waals surface area contributed by atoms with Crippen molar-refractivity contribution in [3.05, 3.63) is 47.0 Å². The summed E-state index contributed by atoms with van der Waals surface area (Å²) in [5.41, 5.74) is 1.39. The molecule has 0 saturated heterocycles. The zero-order valence-electron chi connectivity index (χ0n) is 7.54. The Morgan fingerprint density at radius 2 is 2.15 bits per heavy atom. The Balaban J connectivity index is 2.20. The summed E-state index contributed by atoms with van der Waals surface area (Å²) in [6.07, 6.45) is 8.17. The maximum absolute atomic E-state index is 5.95. The lowest BCUT2D eigenvalue weighted by Crippen LogP contribution is -2.00. The molecule has 0 heterocycles. The predicted molar refractivity (Wildman–Crippen MR) is 57.2 cm³/mol. The molecule has 1 aliphatic rings. The smallest absolute Gasteiger partial charge is 0.0408 e. The lowest BCUT2D eigenvalue weighted by molar-refractivity contribution is 0.617. The monoisotopic (exact) mass is 192 g/mol. The number of hydrogen-bond donors (Lipinski definition) is 0. The van der Waals surface area contributed by atoms with Crippen molar-refractivity contribution < 1.29 is 0 Å². The standard InChI is InChI=1S/C12H13Cl/c13-12-8-4-7-11(9-12)10-5-2-1-3-6-10/h1-2,4,7-10H,3,5-6H2/t10-/m1/s1. The van der Waals surface area contributed by atoms with Crippen molar-refractivity contribution in [2.45, 2.75) is 25.2 Å². The van der Waals surface area contributed by atoms with Gasteiger partial charge in [-0.3, -0.25) is 0 Å². The van der Waals surface area contributed by atoms with Crippen LogP contribution < -0.4 is 0 Å². The predicted octanol–water partition coefficient (Wildman–Crippen LogP) is 4.16. The van der Waals surface area contributed by atoms with E-state index in [0.29, 0.717) is 5.92 Å². The minimum Gasteiger partial charge on any atom is -0.0885 e. The van der Waals surface area contributed by atoms with Gasteiger partial charge in [-0.2, -0.15) is 0 Å². The van der Waals surface area contributed by atoms with Gasteiger partial charge in [-0.25, -0.2) is 0 Å². The van der Waals surface area contributed by atoms with E-state index in [0.717, 1.165) is 5.02 Å². The van der Waals surface area contributed by atoms with Gasteiger partial charge < -0.3 is 0 Å². The third-order valence-electron chi connectivity index (χ3n) is 2.59. The first-order valence-corrected chi connectivity index (χ1v) is 5.14. The maximum Gasteiger partial charge on any atom is 0.0408 e. The second-order valence-electron chi connectivity index (χ2n) is 3.54. The third kappa shape index (κ3) is 2.13. The summed E-state index contributed by atoms with van der Waals surface area (Å²) in [6, 6.07) is 8.24. The molecule has 1 aromatic carbocycles. The molecule has 0 aromatic heterocycles. The van der Waals surface area contributed by atoms with E-state index in [1.807, 2.05) is 12.1 Å². The largest absolute Gasteiger partial charge is 0.0885 e. The maximum atomic E-state index is 5.95. The molecule has 1 atom stereocenters. The fourth-order valence-corrected chi connectivity index (χ4v) is 2.06. The van der Waals surface area contributed by atoms with Crippen molar-refractivity contribution in [2.24, 2.45) is 0 Å². The highest BCUT2D eigenvalue weighted by atomic mass is 35.5. The van der Waals surface area contributed by atoms with Crippen LogP contribution in [-0.2, 0) is 0 Å².